The van der Waals surface area contributed by atoms with Gasteiger partial charge in [0.2, 0.25) is 0 Å². The van der Waals surface area contributed by atoms with Crippen LogP contribution in [0.2, 0.25) is 0 Å². The molecule has 0 spiro atoms. The van der Waals surface area contributed by atoms with Gasteiger partial charge in [0.25, 0.3) is 0 Å². The van der Waals surface area contributed by atoms with Crippen LogP contribution in [0.3, 0.4) is 0 Å². The lowest BCUT2D eigenvalue weighted by Crippen LogP contribution is -2.07. The maximum Gasteiger partial charge on any atom is 0.192 e. The summed E-state index contributed by atoms with van der Waals surface area (Å²) in [6.07, 6.45) is 0. The van der Waals surface area contributed by atoms with Crippen LogP contribution in [0.15, 0.2) is 24.3 Å². The predicted octanol–water partition coefficient (Wildman–Crippen LogP) is 0.837. The molecule has 5 N–H and O–H groups in total. The predicted molar refractivity (Wildman–Crippen MR) is 59.8 cm³/mol. The van der Waals surface area contributed by atoms with E-state index in [9.17, 15) is 0 Å². The third-order valence-electron chi connectivity index (χ3n) is 1.64. The summed E-state index contributed by atoms with van der Waals surface area (Å²) < 4.78 is 5.11. The molecule has 0 bridgehead atoms. The summed E-state index contributed by atoms with van der Waals surface area (Å²) in [4.78, 5) is 0. The van der Waals surface area contributed by atoms with E-state index in [1.165, 1.54) is 0 Å². The van der Waals surface area contributed by atoms with E-state index in [1.54, 1.807) is 0 Å². The Kier molecular flexibility index (Phi) is 4.19. The van der Waals surface area contributed by atoms with Crippen molar-refractivity contribution in [1.82, 2.24) is 0 Å². The van der Waals surface area contributed by atoms with E-state index >= 15 is 0 Å². The third kappa shape index (κ3) is 4.28. The molecule has 0 aliphatic carbocycles. The summed E-state index contributed by atoms with van der Waals surface area (Å²) in [5.41, 5.74) is 12.6. The Morgan fingerprint density at radius 2 is 1.71 bits per heavy atom. The average molecular weight is 232 g/mol. The largest absolute Gasteiger partial charge is 0.392 e. The van der Waals surface area contributed by atoms with Crippen molar-refractivity contribution in [3.63, 3.8) is 0 Å². The second kappa shape index (κ2) is 4.98. The highest BCUT2D eigenvalue weighted by Crippen LogP contribution is 2.28. The minimum absolute atomic E-state index is 0.0346. The molecule has 0 aliphatic rings. The third-order valence-corrected chi connectivity index (χ3v) is 2.49. The molecule has 6 heteroatoms. The molecule has 0 atom stereocenters. The SMILES string of the molecule is NP(N)(=S)OCc1ccc(CO)cc1. The molecule has 0 aliphatic heterocycles. The van der Waals surface area contributed by atoms with Gasteiger partial charge in [-0.25, -0.2) is 0 Å². The molecule has 0 radical (unpaired) electrons. The summed E-state index contributed by atoms with van der Waals surface area (Å²) in [5.74, 6) is 0. The van der Waals surface area contributed by atoms with E-state index < -0.39 is 6.57 Å². The highest BCUT2D eigenvalue weighted by Gasteiger charge is 2.03. The monoisotopic (exact) mass is 232 g/mol. The van der Waals surface area contributed by atoms with Crippen LogP contribution in [0.5, 0.6) is 0 Å². The van der Waals surface area contributed by atoms with Gasteiger partial charge in [0.05, 0.1) is 13.2 Å². The molecule has 0 aromatic heterocycles. The van der Waals surface area contributed by atoms with Crippen LogP contribution in [0.25, 0.3) is 0 Å². The molecule has 78 valence electrons. The Bertz CT molecular complexity index is 336. The molecule has 0 heterocycles. The van der Waals surface area contributed by atoms with Crippen molar-refractivity contribution in [2.45, 2.75) is 13.2 Å². The van der Waals surface area contributed by atoms with Gasteiger partial charge in [0.1, 0.15) is 0 Å². The maximum absolute atomic E-state index is 8.81. The summed E-state index contributed by atoms with van der Waals surface area (Å²) in [7, 11) is 0. The van der Waals surface area contributed by atoms with Crippen molar-refractivity contribution >= 4 is 18.4 Å². The first-order valence-corrected chi connectivity index (χ1v) is 6.87. The topological polar surface area (TPSA) is 81.5 Å². The lowest BCUT2D eigenvalue weighted by atomic mass is 10.1. The molecule has 0 amide bonds. The van der Waals surface area contributed by atoms with Gasteiger partial charge in [0.15, 0.2) is 6.57 Å². The summed E-state index contributed by atoms with van der Waals surface area (Å²) in [6, 6.07) is 7.32. The van der Waals surface area contributed by atoms with E-state index in [4.69, 9.17) is 32.4 Å². The number of hydrogen-bond donors (Lipinski definition) is 3. The molecule has 0 saturated carbocycles. The molecular weight excluding hydrogens is 219 g/mol. The summed E-state index contributed by atoms with van der Waals surface area (Å²) in [6.45, 7) is -2.22. The van der Waals surface area contributed by atoms with Crippen LogP contribution >= 0.6 is 6.57 Å². The number of hydrogen-bond acceptors (Lipinski definition) is 3. The zero-order chi connectivity index (χ0) is 10.6. The van der Waals surface area contributed by atoms with Gasteiger partial charge in [0, 0.05) is 0 Å². The summed E-state index contributed by atoms with van der Waals surface area (Å²) >= 11 is 4.74. The highest BCUT2D eigenvalue weighted by molar-refractivity contribution is 8.10. The minimum Gasteiger partial charge on any atom is -0.392 e. The highest BCUT2D eigenvalue weighted by atomic mass is 32.4. The van der Waals surface area contributed by atoms with Crippen molar-refractivity contribution in [2.24, 2.45) is 11.0 Å². The molecule has 1 rings (SSSR count). The number of benzene rings is 1. The number of rotatable bonds is 4. The van der Waals surface area contributed by atoms with Gasteiger partial charge >= 0.3 is 0 Å². The fraction of sp³-hybridized carbons (Fsp3) is 0.250. The standard InChI is InChI=1S/C8H13N2O2PS/c9-13(10,14)12-6-8-3-1-7(5-11)2-4-8/h1-4,11H,5-6H2,(H4,9,10,14). The molecule has 4 nitrogen and oxygen atoms in total. The lowest BCUT2D eigenvalue weighted by Gasteiger charge is -2.10. The average Bonchev–Trinajstić information content (AvgIpc) is 2.14. The second-order valence-corrected chi connectivity index (χ2v) is 6.15. The van der Waals surface area contributed by atoms with Crippen molar-refractivity contribution in [3.8, 4) is 0 Å². The lowest BCUT2D eigenvalue weighted by molar-refractivity contribution is 0.281. The number of aliphatic hydroxyl groups is 1. The molecule has 1 aromatic carbocycles. The van der Waals surface area contributed by atoms with Crippen molar-refractivity contribution in [1.29, 1.82) is 0 Å². The van der Waals surface area contributed by atoms with E-state index in [2.05, 4.69) is 0 Å². The number of nitrogens with two attached hydrogens (primary N) is 2. The Morgan fingerprint density at radius 3 is 2.14 bits per heavy atom. The quantitative estimate of drug-likeness (QED) is 0.670. The van der Waals surface area contributed by atoms with Crippen molar-refractivity contribution in [3.05, 3.63) is 35.4 Å². The van der Waals surface area contributed by atoms with E-state index in [1.807, 2.05) is 24.3 Å². The first-order chi connectivity index (χ1) is 6.51. The van der Waals surface area contributed by atoms with E-state index in [0.717, 1.165) is 11.1 Å². The Hall–Kier alpha value is -0.290. The smallest absolute Gasteiger partial charge is 0.192 e. The Morgan fingerprint density at radius 1 is 1.21 bits per heavy atom. The zero-order valence-corrected chi connectivity index (χ0v) is 9.30. The first-order valence-electron chi connectivity index (χ1n) is 4.01. The molecular formula is C8H13N2O2PS. The Balaban J connectivity index is 2.56. The van der Waals surface area contributed by atoms with Gasteiger partial charge in [-0.15, -0.1) is 0 Å². The van der Waals surface area contributed by atoms with Crippen LogP contribution in [0.1, 0.15) is 11.1 Å². The minimum atomic E-state index is -2.57. The van der Waals surface area contributed by atoms with Crippen molar-refractivity contribution in [2.75, 3.05) is 0 Å². The van der Waals surface area contributed by atoms with Crippen LogP contribution in [0, 0.1) is 0 Å². The molecule has 0 saturated heterocycles. The van der Waals surface area contributed by atoms with Crippen LogP contribution in [0.4, 0.5) is 0 Å². The maximum atomic E-state index is 8.81. The van der Waals surface area contributed by atoms with Gasteiger partial charge in [-0.1, -0.05) is 24.3 Å². The number of aliphatic hydroxyl groups excluding tert-OH is 1. The Labute approximate surface area is 88.1 Å². The normalized spacial score (nSPS) is 11.6. The van der Waals surface area contributed by atoms with E-state index in [-0.39, 0.29) is 6.61 Å². The van der Waals surface area contributed by atoms with Crippen LogP contribution in [-0.4, -0.2) is 5.11 Å². The van der Waals surface area contributed by atoms with E-state index in [0.29, 0.717) is 6.61 Å². The molecule has 0 fully saturated rings. The zero-order valence-electron chi connectivity index (χ0n) is 7.59. The van der Waals surface area contributed by atoms with Crippen LogP contribution in [-0.2, 0) is 29.5 Å². The second-order valence-electron chi connectivity index (χ2n) is 2.89. The van der Waals surface area contributed by atoms with Crippen molar-refractivity contribution < 1.29 is 9.63 Å². The van der Waals surface area contributed by atoms with Gasteiger partial charge in [-0.05, 0) is 22.9 Å². The van der Waals surface area contributed by atoms with Gasteiger partial charge in [-0.2, -0.15) is 0 Å². The fourth-order valence-electron chi connectivity index (χ4n) is 0.916. The molecule has 14 heavy (non-hydrogen) atoms. The summed E-state index contributed by atoms with van der Waals surface area (Å²) in [5, 5.41) is 8.81. The molecule has 1 aromatic rings. The first kappa shape index (κ1) is 11.8. The van der Waals surface area contributed by atoms with Gasteiger partial charge < -0.3 is 9.63 Å². The molecule has 0 unspecified atom stereocenters. The van der Waals surface area contributed by atoms with Crippen LogP contribution < -0.4 is 11.0 Å². The fourth-order valence-corrected chi connectivity index (χ4v) is 1.43. The van der Waals surface area contributed by atoms with Gasteiger partial charge in [-0.3, -0.25) is 11.0 Å².